The fourth-order valence-electron chi connectivity index (χ4n) is 2.95. The number of ether oxygens (including phenoxy) is 4. The lowest BCUT2D eigenvalue weighted by Crippen LogP contribution is -2.13. The van der Waals surface area contributed by atoms with E-state index in [9.17, 15) is 9.59 Å². The normalized spacial score (nSPS) is 10.8. The highest BCUT2D eigenvalue weighted by molar-refractivity contribution is 6.40. The monoisotopic (exact) mass is 450 g/mol. The van der Waals surface area contributed by atoms with Crippen LogP contribution in [0.25, 0.3) is 21.5 Å². The quantitative estimate of drug-likeness (QED) is 0.225. The lowest BCUT2D eigenvalue weighted by molar-refractivity contribution is 0.0984. The summed E-state index contributed by atoms with van der Waals surface area (Å²) >= 11 is 12.7. The average Bonchev–Trinajstić information content (AvgIpc) is 2.72. The molecule has 3 aromatic carbocycles. The molecule has 0 unspecified atom stereocenters. The van der Waals surface area contributed by atoms with E-state index in [2.05, 4.69) is 0 Å². The number of benzene rings is 3. The first-order valence-corrected chi connectivity index (χ1v) is 10.2. The Kier molecular flexibility index (Phi) is 7.24. The fourth-order valence-corrected chi connectivity index (χ4v) is 3.53. The van der Waals surface area contributed by atoms with E-state index in [1.165, 1.54) is 6.07 Å². The van der Waals surface area contributed by atoms with Crippen LogP contribution in [-0.2, 0) is 9.47 Å². The van der Waals surface area contributed by atoms with Crippen LogP contribution in [0.1, 0.15) is 26.7 Å². The summed E-state index contributed by atoms with van der Waals surface area (Å²) in [6.07, 6.45) is -0.402. The van der Waals surface area contributed by atoms with E-state index in [1.54, 1.807) is 30.3 Å². The summed E-state index contributed by atoms with van der Waals surface area (Å²) < 4.78 is 21.2. The first-order chi connectivity index (χ1) is 14.5. The molecule has 0 radical (unpaired) electrons. The summed E-state index contributed by atoms with van der Waals surface area (Å²) in [5, 5.41) is 2.36. The van der Waals surface area contributed by atoms with Crippen molar-refractivity contribution in [2.75, 3.05) is 13.2 Å². The standard InChI is InChI=1S/C22H20Cl2O6/c1-3-9-27-21(25)29-19-14-7-5-6-8-15(14)20(30-22(26)28-10-4-2)18-16(19)11-13(23)12-17(18)24/h5-8,11-12H,3-4,9-10H2,1-2H3. The molecule has 0 atom stereocenters. The van der Waals surface area contributed by atoms with Gasteiger partial charge >= 0.3 is 12.3 Å². The van der Waals surface area contributed by atoms with Crippen LogP contribution in [0.15, 0.2) is 36.4 Å². The van der Waals surface area contributed by atoms with Gasteiger partial charge in [0, 0.05) is 26.6 Å². The summed E-state index contributed by atoms with van der Waals surface area (Å²) in [5.74, 6) is 0.401. The minimum atomic E-state index is -0.856. The molecule has 0 fully saturated rings. The van der Waals surface area contributed by atoms with E-state index >= 15 is 0 Å². The maximum Gasteiger partial charge on any atom is 0.513 e. The second-order valence-corrected chi connectivity index (χ2v) is 7.26. The maximum atomic E-state index is 12.2. The Bertz CT molecular complexity index is 1100. The van der Waals surface area contributed by atoms with Crippen LogP contribution in [0.3, 0.4) is 0 Å². The number of hydrogen-bond donors (Lipinski definition) is 0. The topological polar surface area (TPSA) is 71.1 Å². The molecule has 0 heterocycles. The molecule has 158 valence electrons. The molecular formula is C22H20Cl2O6. The summed E-state index contributed by atoms with van der Waals surface area (Å²) in [4.78, 5) is 24.4. The largest absolute Gasteiger partial charge is 0.513 e. The molecule has 0 amide bonds. The van der Waals surface area contributed by atoms with Gasteiger partial charge in [0.15, 0.2) is 11.5 Å². The van der Waals surface area contributed by atoms with Crippen molar-refractivity contribution in [3.05, 3.63) is 46.4 Å². The second kappa shape index (κ2) is 9.87. The van der Waals surface area contributed by atoms with Crippen LogP contribution in [0, 0.1) is 0 Å². The molecular weight excluding hydrogens is 431 g/mol. The van der Waals surface area contributed by atoms with Gasteiger partial charge in [0.1, 0.15) is 0 Å². The van der Waals surface area contributed by atoms with Gasteiger partial charge in [-0.05, 0) is 25.0 Å². The molecule has 30 heavy (non-hydrogen) atoms. The summed E-state index contributed by atoms with van der Waals surface area (Å²) in [5.41, 5.74) is 0. The lowest BCUT2D eigenvalue weighted by Gasteiger charge is -2.17. The van der Waals surface area contributed by atoms with Crippen LogP contribution in [-0.4, -0.2) is 25.5 Å². The van der Waals surface area contributed by atoms with E-state index in [0.29, 0.717) is 39.4 Å². The van der Waals surface area contributed by atoms with Gasteiger partial charge in [-0.25, -0.2) is 9.59 Å². The van der Waals surface area contributed by atoms with Gasteiger partial charge < -0.3 is 18.9 Å². The van der Waals surface area contributed by atoms with Crippen molar-refractivity contribution in [1.29, 1.82) is 0 Å². The van der Waals surface area contributed by atoms with Gasteiger partial charge in [0.25, 0.3) is 0 Å². The Morgan fingerprint density at radius 2 is 1.33 bits per heavy atom. The van der Waals surface area contributed by atoms with Crippen molar-refractivity contribution in [2.24, 2.45) is 0 Å². The van der Waals surface area contributed by atoms with E-state index in [1.807, 2.05) is 13.8 Å². The van der Waals surface area contributed by atoms with Crippen molar-refractivity contribution >= 4 is 57.1 Å². The van der Waals surface area contributed by atoms with Crippen molar-refractivity contribution in [1.82, 2.24) is 0 Å². The third kappa shape index (κ3) is 4.71. The molecule has 0 aromatic heterocycles. The van der Waals surface area contributed by atoms with Gasteiger partial charge in [0.05, 0.1) is 18.2 Å². The maximum absolute atomic E-state index is 12.2. The van der Waals surface area contributed by atoms with E-state index < -0.39 is 12.3 Å². The van der Waals surface area contributed by atoms with Crippen molar-refractivity contribution in [3.8, 4) is 11.5 Å². The molecule has 0 aliphatic heterocycles. The molecule has 6 nitrogen and oxygen atoms in total. The molecule has 8 heteroatoms. The highest BCUT2D eigenvalue weighted by Crippen LogP contribution is 2.46. The first-order valence-electron chi connectivity index (χ1n) is 9.48. The molecule has 0 bridgehead atoms. The van der Waals surface area contributed by atoms with E-state index in [4.69, 9.17) is 42.1 Å². The SMILES string of the molecule is CCCOC(=O)Oc1c2ccccc2c(OC(=O)OCCC)c2c(Cl)cc(Cl)cc12. The predicted octanol–water partition coefficient (Wildman–Crippen LogP) is 7.15. The zero-order valence-corrected chi connectivity index (χ0v) is 18.0. The van der Waals surface area contributed by atoms with Crippen molar-refractivity contribution < 1.29 is 28.5 Å². The lowest BCUT2D eigenvalue weighted by atomic mass is 10.0. The highest BCUT2D eigenvalue weighted by atomic mass is 35.5. The van der Waals surface area contributed by atoms with Crippen LogP contribution in [0.4, 0.5) is 9.59 Å². The van der Waals surface area contributed by atoms with Crippen LogP contribution in [0.5, 0.6) is 11.5 Å². The molecule has 0 N–H and O–H groups in total. The third-order valence-corrected chi connectivity index (χ3v) is 4.68. The van der Waals surface area contributed by atoms with Crippen molar-refractivity contribution in [2.45, 2.75) is 26.7 Å². The minimum Gasteiger partial charge on any atom is -0.434 e. The van der Waals surface area contributed by atoms with Crippen molar-refractivity contribution in [3.63, 3.8) is 0 Å². The van der Waals surface area contributed by atoms with Gasteiger partial charge in [-0.15, -0.1) is 0 Å². The average molecular weight is 451 g/mol. The Morgan fingerprint density at radius 1 is 0.800 bits per heavy atom. The Morgan fingerprint density at radius 3 is 1.90 bits per heavy atom. The molecule has 0 aliphatic carbocycles. The Labute approximate surface area is 183 Å². The van der Waals surface area contributed by atoms with Crippen LogP contribution >= 0.6 is 23.2 Å². The molecule has 0 spiro atoms. The zero-order valence-electron chi connectivity index (χ0n) is 16.5. The number of halogens is 2. The van der Waals surface area contributed by atoms with E-state index in [0.717, 1.165) is 0 Å². The molecule has 0 aliphatic rings. The fraction of sp³-hybridized carbons (Fsp3) is 0.273. The summed E-state index contributed by atoms with van der Waals surface area (Å²) in [7, 11) is 0. The number of carbonyl (C=O) groups excluding carboxylic acids is 2. The number of rotatable bonds is 6. The zero-order chi connectivity index (χ0) is 21.7. The van der Waals surface area contributed by atoms with Gasteiger partial charge in [-0.2, -0.15) is 0 Å². The smallest absolute Gasteiger partial charge is 0.434 e. The Balaban J connectivity index is 2.24. The Hall–Kier alpha value is -2.70. The minimum absolute atomic E-state index is 0.192. The summed E-state index contributed by atoms with van der Waals surface area (Å²) in [6, 6.07) is 10.1. The number of hydrogen-bond acceptors (Lipinski definition) is 6. The molecule has 3 aromatic rings. The van der Waals surface area contributed by atoms with E-state index in [-0.39, 0.29) is 29.7 Å². The second-order valence-electron chi connectivity index (χ2n) is 6.42. The van der Waals surface area contributed by atoms with Crippen LogP contribution in [0.2, 0.25) is 10.0 Å². The molecule has 3 rings (SSSR count). The molecule has 0 saturated carbocycles. The predicted molar refractivity (Wildman–Crippen MR) is 116 cm³/mol. The van der Waals surface area contributed by atoms with Gasteiger partial charge in [0.2, 0.25) is 0 Å². The summed E-state index contributed by atoms with van der Waals surface area (Å²) in [6.45, 7) is 4.20. The van der Waals surface area contributed by atoms with Gasteiger partial charge in [-0.3, -0.25) is 0 Å². The highest BCUT2D eigenvalue weighted by Gasteiger charge is 2.23. The van der Waals surface area contributed by atoms with Gasteiger partial charge in [-0.1, -0.05) is 61.3 Å². The molecule has 0 saturated heterocycles. The third-order valence-electron chi connectivity index (χ3n) is 4.16. The first kappa shape index (κ1) is 22.0. The number of fused-ring (bicyclic) bond motifs is 2. The van der Waals surface area contributed by atoms with Crippen LogP contribution < -0.4 is 9.47 Å². The number of carbonyl (C=O) groups is 2.